The molecule has 4 nitrogen and oxygen atoms in total. The maximum Gasteiger partial charge on any atom is 0.331 e. The van der Waals surface area contributed by atoms with Gasteiger partial charge in [0, 0.05) is 16.2 Å². The van der Waals surface area contributed by atoms with E-state index in [1.807, 2.05) is 49.4 Å². The third-order valence-corrected chi connectivity index (χ3v) is 4.29. The van der Waals surface area contributed by atoms with Crippen molar-refractivity contribution in [3.8, 4) is 0 Å². The van der Waals surface area contributed by atoms with Crippen molar-refractivity contribution in [2.24, 2.45) is 0 Å². The van der Waals surface area contributed by atoms with Gasteiger partial charge < -0.3 is 10.1 Å². The average molecular weight is 416 g/mol. The number of carbonyl (C=O) groups is 2. The molecular formula is C21H22BrNO3. The summed E-state index contributed by atoms with van der Waals surface area (Å²) in [4.78, 5) is 23.9. The number of carbonyl (C=O) groups excluding carboxylic acids is 2. The van der Waals surface area contributed by atoms with Crippen molar-refractivity contribution in [2.75, 3.05) is 11.9 Å². The summed E-state index contributed by atoms with van der Waals surface area (Å²) in [5.74, 6) is -0.639. The molecule has 0 radical (unpaired) electrons. The van der Waals surface area contributed by atoms with Gasteiger partial charge in [-0.1, -0.05) is 60.1 Å². The van der Waals surface area contributed by atoms with E-state index in [0.29, 0.717) is 0 Å². The lowest BCUT2D eigenvalue weighted by molar-refractivity contribution is -0.142. The zero-order chi connectivity index (χ0) is 19.1. The van der Waals surface area contributed by atoms with E-state index in [2.05, 4.69) is 35.1 Å². The molecule has 0 aromatic heterocycles. The van der Waals surface area contributed by atoms with Crippen molar-refractivity contribution in [1.29, 1.82) is 0 Å². The van der Waals surface area contributed by atoms with Crippen LogP contribution in [0.1, 0.15) is 36.5 Å². The Kier molecular flexibility index (Phi) is 7.16. The lowest BCUT2D eigenvalue weighted by Crippen LogP contribution is -2.21. The van der Waals surface area contributed by atoms with Crippen molar-refractivity contribution in [3.63, 3.8) is 0 Å². The summed E-state index contributed by atoms with van der Waals surface area (Å²) in [6, 6.07) is 13.4. The van der Waals surface area contributed by atoms with Crippen LogP contribution in [0.4, 0.5) is 5.69 Å². The summed E-state index contributed by atoms with van der Waals surface area (Å²) in [5, 5.41) is 2.85. The molecule has 0 unspecified atom stereocenters. The molecule has 5 heteroatoms. The molecule has 0 fully saturated rings. The van der Waals surface area contributed by atoms with Gasteiger partial charge in [-0.3, -0.25) is 4.79 Å². The zero-order valence-corrected chi connectivity index (χ0v) is 16.7. The van der Waals surface area contributed by atoms with Crippen LogP contribution in [0.25, 0.3) is 6.08 Å². The highest BCUT2D eigenvalue weighted by Crippen LogP contribution is 2.27. The fourth-order valence-electron chi connectivity index (χ4n) is 2.48. The second kappa shape index (κ2) is 9.34. The number of para-hydroxylation sites is 1. The highest BCUT2D eigenvalue weighted by atomic mass is 79.9. The predicted octanol–water partition coefficient (Wildman–Crippen LogP) is 5.08. The molecule has 0 spiro atoms. The number of anilines is 1. The number of amides is 1. The first-order chi connectivity index (χ1) is 12.4. The van der Waals surface area contributed by atoms with Crippen LogP contribution < -0.4 is 5.32 Å². The maximum atomic E-state index is 12.1. The second-order valence-corrected chi connectivity index (χ2v) is 7.15. The van der Waals surface area contributed by atoms with Gasteiger partial charge >= 0.3 is 5.97 Å². The smallest absolute Gasteiger partial charge is 0.331 e. The molecule has 0 saturated carbocycles. The van der Waals surface area contributed by atoms with Crippen molar-refractivity contribution >= 4 is 39.6 Å². The molecule has 0 bridgehead atoms. The molecule has 0 heterocycles. The number of halogens is 1. The molecule has 26 heavy (non-hydrogen) atoms. The first-order valence-electron chi connectivity index (χ1n) is 8.36. The van der Waals surface area contributed by atoms with Gasteiger partial charge in [-0.2, -0.15) is 0 Å². The average Bonchev–Trinajstić information content (AvgIpc) is 2.59. The summed E-state index contributed by atoms with van der Waals surface area (Å²) in [6.07, 6.45) is 2.95. The third kappa shape index (κ3) is 5.85. The highest BCUT2D eigenvalue weighted by molar-refractivity contribution is 9.10. The number of hydrogen-bond acceptors (Lipinski definition) is 3. The van der Waals surface area contributed by atoms with E-state index in [4.69, 9.17) is 4.74 Å². The fourth-order valence-corrected chi connectivity index (χ4v) is 2.89. The van der Waals surface area contributed by atoms with Gasteiger partial charge in [-0.25, -0.2) is 4.79 Å². The van der Waals surface area contributed by atoms with Crippen LogP contribution >= 0.6 is 15.9 Å². The summed E-state index contributed by atoms with van der Waals surface area (Å²) in [6.45, 7) is 5.75. The van der Waals surface area contributed by atoms with Crippen LogP contribution in [0.3, 0.4) is 0 Å². The van der Waals surface area contributed by atoms with E-state index < -0.39 is 5.97 Å². The lowest BCUT2D eigenvalue weighted by atomic mass is 9.98. The molecule has 2 rings (SSSR count). The molecule has 1 amide bonds. The van der Waals surface area contributed by atoms with Gasteiger partial charge in [0.05, 0.1) is 0 Å². The Bertz CT molecular complexity index is 828. The predicted molar refractivity (Wildman–Crippen MR) is 108 cm³/mol. The topological polar surface area (TPSA) is 55.4 Å². The minimum absolute atomic E-state index is 0.279. The minimum atomic E-state index is -0.561. The fraction of sp³-hybridized carbons (Fsp3) is 0.238. The number of aryl methyl sites for hydroxylation is 1. The van der Waals surface area contributed by atoms with E-state index >= 15 is 0 Å². The molecule has 0 atom stereocenters. The Labute approximate surface area is 162 Å². The van der Waals surface area contributed by atoms with Crippen LogP contribution in [0.5, 0.6) is 0 Å². The van der Waals surface area contributed by atoms with E-state index in [1.165, 1.54) is 6.08 Å². The molecule has 0 aliphatic heterocycles. The SMILES string of the molecule is Cc1cccc(C(C)C)c1NC(=O)COC(=O)/C=C/c1cccc(Br)c1. The van der Waals surface area contributed by atoms with Crippen LogP contribution in [0.15, 0.2) is 53.0 Å². The normalized spacial score (nSPS) is 11.0. The number of esters is 1. The largest absolute Gasteiger partial charge is 0.452 e. The van der Waals surface area contributed by atoms with Crippen molar-refractivity contribution in [3.05, 3.63) is 69.7 Å². The number of ether oxygens (including phenoxy) is 1. The Hall–Kier alpha value is -2.40. The summed E-state index contributed by atoms with van der Waals surface area (Å²) < 4.78 is 5.94. The van der Waals surface area contributed by atoms with Crippen molar-refractivity contribution in [1.82, 2.24) is 0 Å². The first-order valence-corrected chi connectivity index (χ1v) is 9.16. The lowest BCUT2D eigenvalue weighted by Gasteiger charge is -2.16. The van der Waals surface area contributed by atoms with Crippen LogP contribution in [-0.2, 0) is 14.3 Å². The number of hydrogen-bond donors (Lipinski definition) is 1. The first kappa shape index (κ1) is 19.9. The van der Waals surface area contributed by atoms with E-state index in [9.17, 15) is 9.59 Å². The van der Waals surface area contributed by atoms with Gasteiger partial charge in [0.15, 0.2) is 6.61 Å². The number of rotatable bonds is 6. The summed E-state index contributed by atoms with van der Waals surface area (Å²) >= 11 is 3.37. The molecule has 0 aliphatic rings. The molecule has 0 aliphatic carbocycles. The Morgan fingerprint density at radius 3 is 2.62 bits per heavy atom. The van der Waals surface area contributed by atoms with Crippen LogP contribution in [-0.4, -0.2) is 18.5 Å². The van der Waals surface area contributed by atoms with E-state index in [0.717, 1.165) is 26.9 Å². The molecule has 136 valence electrons. The summed E-state index contributed by atoms with van der Waals surface area (Å²) in [7, 11) is 0. The van der Waals surface area contributed by atoms with Gasteiger partial charge in [-0.05, 0) is 47.7 Å². The molecule has 2 aromatic carbocycles. The summed E-state index contributed by atoms with van der Waals surface area (Å²) in [5.41, 5.74) is 3.68. The quantitative estimate of drug-likeness (QED) is 0.528. The zero-order valence-electron chi connectivity index (χ0n) is 15.1. The molecular weight excluding hydrogens is 394 g/mol. The van der Waals surface area contributed by atoms with Gasteiger partial charge in [0.1, 0.15) is 0 Å². The molecule has 0 saturated heterocycles. The van der Waals surface area contributed by atoms with Gasteiger partial charge in [0.2, 0.25) is 0 Å². The molecule has 1 N–H and O–H groups in total. The minimum Gasteiger partial charge on any atom is -0.452 e. The van der Waals surface area contributed by atoms with Gasteiger partial charge in [-0.15, -0.1) is 0 Å². The number of benzene rings is 2. The monoisotopic (exact) mass is 415 g/mol. The van der Waals surface area contributed by atoms with Crippen LogP contribution in [0.2, 0.25) is 0 Å². The van der Waals surface area contributed by atoms with E-state index in [1.54, 1.807) is 6.08 Å². The Morgan fingerprint density at radius 1 is 1.19 bits per heavy atom. The Morgan fingerprint density at radius 2 is 1.92 bits per heavy atom. The van der Waals surface area contributed by atoms with Crippen LogP contribution in [0, 0.1) is 6.92 Å². The third-order valence-electron chi connectivity index (χ3n) is 3.80. The second-order valence-electron chi connectivity index (χ2n) is 6.24. The molecule has 2 aromatic rings. The number of nitrogens with one attached hydrogen (secondary N) is 1. The van der Waals surface area contributed by atoms with Crippen molar-refractivity contribution in [2.45, 2.75) is 26.7 Å². The Balaban J connectivity index is 1.92. The van der Waals surface area contributed by atoms with Gasteiger partial charge in [0.25, 0.3) is 5.91 Å². The van der Waals surface area contributed by atoms with Crippen molar-refractivity contribution < 1.29 is 14.3 Å². The standard InChI is InChI=1S/C21H22BrNO3/c1-14(2)18-9-4-6-15(3)21(18)23-19(24)13-26-20(25)11-10-16-7-5-8-17(22)12-16/h4-12,14H,13H2,1-3H3,(H,23,24)/b11-10+. The maximum absolute atomic E-state index is 12.1. The van der Waals surface area contributed by atoms with E-state index in [-0.39, 0.29) is 18.4 Å². The highest BCUT2D eigenvalue weighted by Gasteiger charge is 2.13.